The van der Waals surface area contributed by atoms with Gasteiger partial charge >= 0.3 is 0 Å². The number of hydrogen-bond donors (Lipinski definition) is 0. The van der Waals surface area contributed by atoms with Crippen LogP contribution in [0.4, 0.5) is 0 Å². The van der Waals surface area contributed by atoms with Gasteiger partial charge in [0.2, 0.25) is 0 Å². The van der Waals surface area contributed by atoms with Crippen molar-refractivity contribution in [3.05, 3.63) is 0 Å². The lowest BCUT2D eigenvalue weighted by molar-refractivity contribution is -0.0116. The van der Waals surface area contributed by atoms with Crippen LogP contribution in [0.5, 0.6) is 0 Å². The van der Waals surface area contributed by atoms with Crippen LogP contribution in [0.2, 0.25) is 0 Å². The van der Waals surface area contributed by atoms with E-state index in [-0.39, 0.29) is 0 Å². The van der Waals surface area contributed by atoms with Crippen LogP contribution in [0.25, 0.3) is 0 Å². The first kappa shape index (κ1) is 10.0. The topological polar surface area (TPSA) is 12.5 Å². The van der Waals surface area contributed by atoms with Crippen molar-refractivity contribution >= 4 is 0 Å². The van der Waals surface area contributed by atoms with Crippen LogP contribution in [0, 0.1) is 0 Å². The molecule has 0 spiro atoms. The molecule has 0 saturated carbocycles. The van der Waals surface area contributed by atoms with Crippen molar-refractivity contribution in [2.24, 2.45) is 0 Å². The zero-order valence-electron chi connectivity index (χ0n) is 8.55. The van der Waals surface area contributed by atoms with Crippen molar-refractivity contribution < 1.29 is 4.74 Å². The second kappa shape index (κ2) is 4.83. The summed E-state index contributed by atoms with van der Waals surface area (Å²) in [4.78, 5) is 2.47. The molecule has 2 nitrogen and oxygen atoms in total. The summed E-state index contributed by atoms with van der Waals surface area (Å²) < 4.78 is 5.51. The second-order valence-corrected chi connectivity index (χ2v) is 3.84. The zero-order valence-corrected chi connectivity index (χ0v) is 8.55. The summed E-state index contributed by atoms with van der Waals surface area (Å²) >= 11 is 0. The molecule has 1 saturated heterocycles. The van der Waals surface area contributed by atoms with Crippen LogP contribution < -0.4 is 0 Å². The fraction of sp³-hybridized carbons (Fsp3) is 1.00. The molecule has 1 heterocycles. The van der Waals surface area contributed by atoms with E-state index in [9.17, 15) is 0 Å². The first-order valence-electron chi connectivity index (χ1n) is 5.06. The normalized spacial score (nSPS) is 31.0. The van der Waals surface area contributed by atoms with Gasteiger partial charge in [0, 0.05) is 12.6 Å². The van der Waals surface area contributed by atoms with Gasteiger partial charge in [0.25, 0.3) is 0 Å². The molecule has 0 aliphatic carbocycles. The molecule has 1 fully saturated rings. The van der Waals surface area contributed by atoms with E-state index in [0.717, 1.165) is 12.6 Å². The molecule has 1 aliphatic rings. The second-order valence-electron chi connectivity index (χ2n) is 3.84. The molecular formula is C10H21NO. The van der Waals surface area contributed by atoms with Gasteiger partial charge in [-0.05, 0) is 39.8 Å². The minimum Gasteiger partial charge on any atom is -0.378 e. The number of hydrogen-bond acceptors (Lipinski definition) is 2. The molecule has 2 heteroatoms. The van der Waals surface area contributed by atoms with Crippen LogP contribution in [-0.2, 0) is 4.74 Å². The van der Waals surface area contributed by atoms with Crippen LogP contribution in [-0.4, -0.2) is 37.2 Å². The third kappa shape index (κ3) is 2.76. The smallest absolute Gasteiger partial charge is 0.0561 e. The zero-order chi connectivity index (χ0) is 8.97. The van der Waals surface area contributed by atoms with Gasteiger partial charge in [0.1, 0.15) is 0 Å². The van der Waals surface area contributed by atoms with E-state index >= 15 is 0 Å². The van der Waals surface area contributed by atoms with Crippen molar-refractivity contribution in [1.29, 1.82) is 0 Å². The van der Waals surface area contributed by atoms with Crippen LogP contribution in [0.15, 0.2) is 0 Å². The molecular weight excluding hydrogens is 150 g/mol. The SMILES string of the molecule is CCCN(C)[C@@H]1CCO[C@H](C)C1. The highest BCUT2D eigenvalue weighted by atomic mass is 16.5. The highest BCUT2D eigenvalue weighted by Gasteiger charge is 2.21. The van der Waals surface area contributed by atoms with Gasteiger partial charge in [0.15, 0.2) is 0 Å². The Bertz CT molecular complexity index is 127. The van der Waals surface area contributed by atoms with E-state index < -0.39 is 0 Å². The summed E-state index contributed by atoms with van der Waals surface area (Å²) in [6, 6.07) is 0.758. The van der Waals surface area contributed by atoms with Gasteiger partial charge in [-0.2, -0.15) is 0 Å². The number of nitrogens with zero attached hydrogens (tertiary/aromatic N) is 1. The molecule has 12 heavy (non-hydrogen) atoms. The maximum Gasteiger partial charge on any atom is 0.0561 e. The maximum absolute atomic E-state index is 5.51. The lowest BCUT2D eigenvalue weighted by atomic mass is 10.0. The average molecular weight is 171 g/mol. The Balaban J connectivity index is 2.29. The van der Waals surface area contributed by atoms with Crippen molar-refractivity contribution in [2.75, 3.05) is 20.2 Å². The molecule has 0 amide bonds. The number of rotatable bonds is 3. The largest absolute Gasteiger partial charge is 0.378 e. The number of ether oxygens (including phenoxy) is 1. The Kier molecular flexibility index (Phi) is 4.02. The molecule has 0 bridgehead atoms. The monoisotopic (exact) mass is 171 g/mol. The maximum atomic E-state index is 5.51. The molecule has 1 rings (SSSR count). The van der Waals surface area contributed by atoms with E-state index in [1.165, 1.54) is 25.8 Å². The summed E-state index contributed by atoms with van der Waals surface area (Å²) in [5.41, 5.74) is 0. The molecule has 0 aromatic carbocycles. The third-order valence-electron chi connectivity index (χ3n) is 2.66. The van der Waals surface area contributed by atoms with E-state index in [0.29, 0.717) is 6.10 Å². The Hall–Kier alpha value is -0.0800. The van der Waals surface area contributed by atoms with Crippen LogP contribution in [0.1, 0.15) is 33.1 Å². The lowest BCUT2D eigenvalue weighted by Crippen LogP contribution is -2.39. The average Bonchev–Trinajstić information content (AvgIpc) is 2.05. The first-order chi connectivity index (χ1) is 5.74. The molecule has 0 aromatic heterocycles. The van der Waals surface area contributed by atoms with Crippen LogP contribution in [0.3, 0.4) is 0 Å². The van der Waals surface area contributed by atoms with Crippen molar-refractivity contribution in [1.82, 2.24) is 4.90 Å². The Morgan fingerprint density at radius 1 is 1.50 bits per heavy atom. The standard InChI is InChI=1S/C10H21NO/c1-4-6-11(3)10-5-7-12-9(2)8-10/h9-10H,4-8H2,1-3H3/t9-,10-/m1/s1. The lowest BCUT2D eigenvalue weighted by Gasteiger charge is -2.34. The summed E-state index contributed by atoms with van der Waals surface area (Å²) in [5, 5.41) is 0. The van der Waals surface area contributed by atoms with Gasteiger partial charge in [-0.3, -0.25) is 0 Å². The minimum atomic E-state index is 0.461. The molecule has 0 unspecified atom stereocenters. The van der Waals surface area contributed by atoms with Crippen molar-refractivity contribution in [2.45, 2.75) is 45.3 Å². The minimum absolute atomic E-state index is 0.461. The third-order valence-corrected chi connectivity index (χ3v) is 2.66. The summed E-state index contributed by atoms with van der Waals surface area (Å²) in [5.74, 6) is 0. The summed E-state index contributed by atoms with van der Waals surface area (Å²) in [7, 11) is 2.23. The van der Waals surface area contributed by atoms with E-state index in [1.807, 2.05) is 0 Å². The molecule has 0 radical (unpaired) electrons. The van der Waals surface area contributed by atoms with Gasteiger partial charge in [-0.1, -0.05) is 6.92 Å². The summed E-state index contributed by atoms with van der Waals surface area (Å²) in [6.45, 7) is 6.57. The Morgan fingerprint density at radius 3 is 2.83 bits per heavy atom. The van der Waals surface area contributed by atoms with Gasteiger partial charge in [-0.25, -0.2) is 0 Å². The fourth-order valence-corrected chi connectivity index (χ4v) is 1.91. The van der Waals surface area contributed by atoms with E-state index in [4.69, 9.17) is 4.74 Å². The van der Waals surface area contributed by atoms with Gasteiger partial charge < -0.3 is 9.64 Å². The molecule has 0 aromatic rings. The highest BCUT2D eigenvalue weighted by molar-refractivity contribution is 4.75. The van der Waals surface area contributed by atoms with Crippen LogP contribution >= 0.6 is 0 Å². The Morgan fingerprint density at radius 2 is 2.25 bits per heavy atom. The van der Waals surface area contributed by atoms with Gasteiger partial charge in [0.05, 0.1) is 6.10 Å². The van der Waals surface area contributed by atoms with Crippen molar-refractivity contribution in [3.8, 4) is 0 Å². The van der Waals surface area contributed by atoms with Crippen molar-refractivity contribution in [3.63, 3.8) is 0 Å². The fourth-order valence-electron chi connectivity index (χ4n) is 1.91. The van der Waals surface area contributed by atoms with Gasteiger partial charge in [-0.15, -0.1) is 0 Å². The first-order valence-corrected chi connectivity index (χ1v) is 5.06. The predicted octanol–water partition coefficient (Wildman–Crippen LogP) is 1.90. The Labute approximate surface area is 75.9 Å². The van der Waals surface area contributed by atoms with E-state index in [1.54, 1.807) is 0 Å². The molecule has 1 aliphatic heterocycles. The molecule has 2 atom stereocenters. The highest BCUT2D eigenvalue weighted by Crippen LogP contribution is 2.17. The quantitative estimate of drug-likeness (QED) is 0.643. The van der Waals surface area contributed by atoms with E-state index in [2.05, 4.69) is 25.8 Å². The summed E-state index contributed by atoms with van der Waals surface area (Å²) in [6.07, 6.45) is 4.13. The predicted molar refractivity (Wildman–Crippen MR) is 51.4 cm³/mol. The molecule has 72 valence electrons. The molecule has 0 N–H and O–H groups in total.